The minimum Gasteiger partial charge on any atom is -0.359 e. The van der Waals surface area contributed by atoms with Gasteiger partial charge >= 0.3 is 0 Å². The van der Waals surface area contributed by atoms with Crippen LogP contribution in [0.25, 0.3) is 0 Å². The number of fused-ring (bicyclic) bond motifs is 1. The molecule has 1 atom stereocenters. The summed E-state index contributed by atoms with van der Waals surface area (Å²) in [6, 6.07) is 13.4. The average molecular weight is 402 g/mol. The van der Waals surface area contributed by atoms with Crippen LogP contribution in [0.3, 0.4) is 0 Å². The van der Waals surface area contributed by atoms with Gasteiger partial charge in [0.25, 0.3) is 0 Å². The van der Waals surface area contributed by atoms with E-state index in [1.807, 2.05) is 18.2 Å². The standard InChI is InChI=1S/C21H27N3O3S/c1-15-9-12-18(13-20(15)28(26,27)23(3)4)22-21(25)14-24-16(2)10-11-17-7-5-6-8-19(17)24/h5-9,12-13,16H,10-11,14H2,1-4H3,(H,22,25)/t16-/m0/s1. The van der Waals surface area contributed by atoms with E-state index in [-0.39, 0.29) is 23.4 Å². The van der Waals surface area contributed by atoms with Gasteiger partial charge in [0, 0.05) is 31.5 Å². The van der Waals surface area contributed by atoms with Crippen molar-refractivity contribution in [2.75, 3.05) is 30.9 Å². The van der Waals surface area contributed by atoms with Crippen LogP contribution >= 0.6 is 0 Å². The number of rotatable bonds is 5. The van der Waals surface area contributed by atoms with Crippen LogP contribution in [0.2, 0.25) is 0 Å². The molecule has 3 rings (SSSR count). The maximum atomic E-state index is 12.7. The van der Waals surface area contributed by atoms with Crippen molar-refractivity contribution in [1.82, 2.24) is 4.31 Å². The Labute approximate surface area is 167 Å². The van der Waals surface area contributed by atoms with Crippen LogP contribution in [0.15, 0.2) is 47.4 Å². The molecule has 1 aliphatic rings. The molecule has 0 radical (unpaired) electrons. The van der Waals surface area contributed by atoms with Gasteiger partial charge in [0.15, 0.2) is 0 Å². The lowest BCUT2D eigenvalue weighted by atomic mass is 9.96. The largest absolute Gasteiger partial charge is 0.359 e. The first-order chi connectivity index (χ1) is 13.2. The quantitative estimate of drug-likeness (QED) is 0.836. The van der Waals surface area contributed by atoms with Crippen molar-refractivity contribution in [2.45, 2.75) is 37.6 Å². The Kier molecular flexibility index (Phi) is 5.76. The summed E-state index contributed by atoms with van der Waals surface area (Å²) in [5.74, 6) is -0.166. The lowest BCUT2D eigenvalue weighted by Crippen LogP contribution is -2.42. The molecular weight excluding hydrogens is 374 g/mol. The third kappa shape index (κ3) is 4.05. The number of hydrogen-bond acceptors (Lipinski definition) is 4. The number of nitrogens with zero attached hydrogens (tertiary/aromatic N) is 2. The molecule has 150 valence electrons. The van der Waals surface area contributed by atoms with E-state index in [1.54, 1.807) is 19.1 Å². The first kappa shape index (κ1) is 20.4. The molecule has 0 bridgehead atoms. The Morgan fingerprint density at radius 3 is 2.64 bits per heavy atom. The number of carbonyl (C=O) groups is 1. The number of benzene rings is 2. The third-order valence-corrected chi connectivity index (χ3v) is 7.17. The fourth-order valence-corrected chi connectivity index (χ4v) is 4.65. The van der Waals surface area contributed by atoms with Gasteiger partial charge < -0.3 is 10.2 Å². The summed E-state index contributed by atoms with van der Waals surface area (Å²) in [4.78, 5) is 15.0. The lowest BCUT2D eigenvalue weighted by Gasteiger charge is -2.36. The molecule has 2 aromatic rings. The molecule has 7 heteroatoms. The van der Waals surface area contributed by atoms with Crippen molar-refractivity contribution >= 4 is 27.3 Å². The van der Waals surface area contributed by atoms with E-state index < -0.39 is 10.0 Å². The van der Waals surface area contributed by atoms with Crippen LogP contribution in [0.1, 0.15) is 24.5 Å². The van der Waals surface area contributed by atoms with Crippen LogP contribution in [0, 0.1) is 6.92 Å². The SMILES string of the molecule is Cc1ccc(NC(=O)CN2c3ccccc3CC[C@@H]2C)cc1S(=O)(=O)N(C)C. The van der Waals surface area contributed by atoms with Crippen LogP contribution in [-0.2, 0) is 21.2 Å². The highest BCUT2D eigenvalue weighted by Gasteiger charge is 2.25. The number of anilines is 2. The fourth-order valence-electron chi connectivity index (χ4n) is 3.51. The summed E-state index contributed by atoms with van der Waals surface area (Å²) in [6.07, 6.45) is 2.01. The van der Waals surface area contributed by atoms with E-state index >= 15 is 0 Å². The third-order valence-electron chi connectivity index (χ3n) is 5.21. The zero-order valence-corrected chi connectivity index (χ0v) is 17.6. The fraction of sp³-hybridized carbons (Fsp3) is 0.381. The van der Waals surface area contributed by atoms with E-state index in [9.17, 15) is 13.2 Å². The average Bonchev–Trinajstić information content (AvgIpc) is 2.65. The highest BCUT2D eigenvalue weighted by Crippen LogP contribution is 2.30. The van der Waals surface area contributed by atoms with Gasteiger partial charge in [0.1, 0.15) is 0 Å². The first-order valence-corrected chi connectivity index (χ1v) is 10.8. The van der Waals surface area contributed by atoms with Crippen molar-refractivity contribution < 1.29 is 13.2 Å². The second-order valence-corrected chi connectivity index (χ2v) is 9.58. The molecule has 1 amide bonds. The molecule has 6 nitrogen and oxygen atoms in total. The van der Waals surface area contributed by atoms with Crippen molar-refractivity contribution in [3.05, 3.63) is 53.6 Å². The van der Waals surface area contributed by atoms with Gasteiger partial charge in [0.2, 0.25) is 15.9 Å². The highest BCUT2D eigenvalue weighted by atomic mass is 32.2. The molecule has 0 saturated heterocycles. The van der Waals surface area contributed by atoms with E-state index in [1.165, 1.54) is 30.0 Å². The minimum absolute atomic E-state index is 0.166. The number of nitrogens with one attached hydrogen (secondary N) is 1. The van der Waals surface area contributed by atoms with Gasteiger partial charge in [-0.15, -0.1) is 0 Å². The molecule has 2 aromatic carbocycles. The van der Waals surface area contributed by atoms with Crippen LogP contribution in [0.5, 0.6) is 0 Å². The minimum atomic E-state index is -3.57. The zero-order chi connectivity index (χ0) is 20.5. The van der Waals surface area contributed by atoms with Gasteiger partial charge in [-0.3, -0.25) is 4.79 Å². The van der Waals surface area contributed by atoms with Crippen molar-refractivity contribution in [1.29, 1.82) is 0 Å². The van der Waals surface area contributed by atoms with Crippen LogP contribution < -0.4 is 10.2 Å². The summed E-state index contributed by atoms with van der Waals surface area (Å²) in [5, 5.41) is 2.86. The van der Waals surface area contributed by atoms with E-state index in [0.717, 1.165) is 18.5 Å². The molecule has 0 unspecified atom stereocenters. The van der Waals surface area contributed by atoms with E-state index in [4.69, 9.17) is 0 Å². The van der Waals surface area contributed by atoms with Gasteiger partial charge in [-0.25, -0.2) is 12.7 Å². The molecule has 1 heterocycles. The molecule has 1 aliphatic heterocycles. The normalized spacial score (nSPS) is 16.8. The van der Waals surface area contributed by atoms with Crippen molar-refractivity contribution in [3.63, 3.8) is 0 Å². The molecule has 0 saturated carbocycles. The monoisotopic (exact) mass is 401 g/mol. The van der Waals surface area contributed by atoms with E-state index in [0.29, 0.717) is 11.3 Å². The molecule has 0 spiro atoms. The molecular formula is C21H27N3O3S. The summed E-state index contributed by atoms with van der Waals surface area (Å²) in [7, 11) is -0.580. The Hall–Kier alpha value is -2.38. The molecule has 1 N–H and O–H groups in total. The van der Waals surface area contributed by atoms with Crippen molar-refractivity contribution in [3.8, 4) is 0 Å². The number of para-hydroxylation sites is 1. The smallest absolute Gasteiger partial charge is 0.243 e. The Morgan fingerprint density at radius 2 is 1.93 bits per heavy atom. The summed E-state index contributed by atoms with van der Waals surface area (Å²) < 4.78 is 26.2. The van der Waals surface area contributed by atoms with Crippen molar-refractivity contribution in [2.24, 2.45) is 0 Å². The van der Waals surface area contributed by atoms with Gasteiger partial charge in [-0.2, -0.15) is 0 Å². The maximum absolute atomic E-state index is 12.7. The maximum Gasteiger partial charge on any atom is 0.243 e. The zero-order valence-electron chi connectivity index (χ0n) is 16.8. The first-order valence-electron chi connectivity index (χ1n) is 9.37. The number of sulfonamides is 1. The molecule has 28 heavy (non-hydrogen) atoms. The van der Waals surface area contributed by atoms with Gasteiger partial charge in [0.05, 0.1) is 11.4 Å². The second-order valence-electron chi connectivity index (χ2n) is 7.46. The van der Waals surface area contributed by atoms with E-state index in [2.05, 4.69) is 23.2 Å². The van der Waals surface area contributed by atoms with Crippen LogP contribution in [0.4, 0.5) is 11.4 Å². The molecule has 0 aliphatic carbocycles. The Bertz CT molecular complexity index is 986. The molecule has 0 fully saturated rings. The predicted octanol–water partition coefficient (Wildman–Crippen LogP) is 3.03. The summed E-state index contributed by atoms with van der Waals surface area (Å²) in [6.45, 7) is 4.09. The summed E-state index contributed by atoms with van der Waals surface area (Å²) in [5.41, 5.74) is 3.47. The molecule has 0 aromatic heterocycles. The number of aryl methyl sites for hydroxylation is 2. The highest BCUT2D eigenvalue weighted by molar-refractivity contribution is 7.89. The number of amides is 1. The lowest BCUT2D eigenvalue weighted by molar-refractivity contribution is -0.115. The topological polar surface area (TPSA) is 69.7 Å². The Morgan fingerprint density at radius 1 is 1.21 bits per heavy atom. The number of hydrogen-bond donors (Lipinski definition) is 1. The summed E-state index contributed by atoms with van der Waals surface area (Å²) >= 11 is 0. The second kappa shape index (κ2) is 7.93. The van der Waals surface area contributed by atoms with Gasteiger partial charge in [-0.05, 0) is 56.0 Å². The predicted molar refractivity (Wildman–Crippen MR) is 112 cm³/mol. The van der Waals surface area contributed by atoms with Crippen LogP contribution in [-0.4, -0.2) is 45.3 Å². The van der Waals surface area contributed by atoms with Gasteiger partial charge in [-0.1, -0.05) is 24.3 Å². The Balaban J connectivity index is 1.79. The number of carbonyl (C=O) groups excluding carboxylic acids is 1.